The smallest absolute Gasteiger partial charge is 0.307 e. The third kappa shape index (κ3) is 3.97. The van der Waals surface area contributed by atoms with Crippen LogP contribution in [0.15, 0.2) is 24.3 Å². The van der Waals surface area contributed by atoms with Gasteiger partial charge in [-0.2, -0.15) is 0 Å². The number of rotatable bonds is 6. The average molecular weight is 277 g/mol. The Morgan fingerprint density at radius 1 is 1.45 bits per heavy atom. The molecule has 1 aromatic rings. The van der Waals surface area contributed by atoms with Gasteiger partial charge < -0.3 is 14.4 Å². The predicted octanol–water partition coefficient (Wildman–Crippen LogP) is 2.44. The lowest BCUT2D eigenvalue weighted by Crippen LogP contribution is -2.30. The maximum Gasteiger partial charge on any atom is 0.307 e. The topological polar surface area (TPSA) is 38.8 Å². The van der Waals surface area contributed by atoms with Crippen LogP contribution in [-0.4, -0.2) is 44.2 Å². The van der Waals surface area contributed by atoms with Gasteiger partial charge in [0.1, 0.15) is 5.75 Å². The van der Waals surface area contributed by atoms with E-state index in [9.17, 15) is 4.79 Å². The Morgan fingerprint density at radius 2 is 2.25 bits per heavy atom. The van der Waals surface area contributed by atoms with Crippen molar-refractivity contribution >= 4 is 5.97 Å². The fraction of sp³-hybridized carbons (Fsp3) is 0.562. The Hall–Kier alpha value is -1.55. The summed E-state index contributed by atoms with van der Waals surface area (Å²) in [6, 6.07) is 8.23. The third-order valence-corrected chi connectivity index (χ3v) is 3.62. The minimum Gasteiger partial charge on any atom is -0.493 e. The number of esters is 1. The van der Waals surface area contributed by atoms with Crippen molar-refractivity contribution in [1.29, 1.82) is 0 Å². The van der Waals surface area contributed by atoms with Gasteiger partial charge in [-0.1, -0.05) is 18.2 Å². The summed E-state index contributed by atoms with van der Waals surface area (Å²) < 4.78 is 10.6. The fourth-order valence-corrected chi connectivity index (χ4v) is 2.59. The number of hydrogen-bond acceptors (Lipinski definition) is 4. The van der Waals surface area contributed by atoms with Crippen LogP contribution < -0.4 is 4.74 Å². The van der Waals surface area contributed by atoms with Crippen molar-refractivity contribution in [3.05, 3.63) is 29.8 Å². The Bertz CT molecular complexity index is 447. The van der Waals surface area contributed by atoms with E-state index in [2.05, 4.69) is 24.1 Å². The first-order valence-electron chi connectivity index (χ1n) is 7.26. The summed E-state index contributed by atoms with van der Waals surface area (Å²) in [7, 11) is 2.05. The lowest BCUT2D eigenvalue weighted by molar-refractivity contribution is -0.143. The van der Waals surface area contributed by atoms with Crippen LogP contribution in [0.5, 0.6) is 5.75 Å². The molecule has 0 radical (unpaired) electrons. The van der Waals surface area contributed by atoms with E-state index in [0.29, 0.717) is 18.9 Å². The van der Waals surface area contributed by atoms with E-state index in [-0.39, 0.29) is 5.97 Å². The van der Waals surface area contributed by atoms with Crippen LogP contribution in [0.1, 0.15) is 31.2 Å². The molecule has 0 aliphatic carbocycles. The Balaban J connectivity index is 1.86. The maximum atomic E-state index is 11.4. The number of para-hydroxylation sites is 1. The highest BCUT2D eigenvalue weighted by molar-refractivity contribution is 5.69. The molecule has 0 spiro atoms. The summed E-state index contributed by atoms with van der Waals surface area (Å²) in [4.78, 5) is 13.6. The molecule has 4 heteroatoms. The second kappa shape index (κ2) is 7.29. The highest BCUT2D eigenvalue weighted by Gasteiger charge is 2.22. The van der Waals surface area contributed by atoms with Crippen LogP contribution in [-0.2, 0) is 9.53 Å². The molecule has 4 nitrogen and oxygen atoms in total. The molecule has 110 valence electrons. The Kier molecular flexibility index (Phi) is 5.41. The second-order valence-electron chi connectivity index (χ2n) is 5.19. The van der Waals surface area contributed by atoms with Crippen LogP contribution in [0.4, 0.5) is 0 Å². The van der Waals surface area contributed by atoms with Crippen molar-refractivity contribution in [3.8, 4) is 5.75 Å². The number of carbonyl (C=O) groups excluding carboxylic acids is 1. The fourth-order valence-electron chi connectivity index (χ4n) is 2.59. The van der Waals surface area contributed by atoms with Crippen LogP contribution in [0.2, 0.25) is 0 Å². The summed E-state index contributed by atoms with van der Waals surface area (Å²) in [6.07, 6.45) is 1.48. The van der Waals surface area contributed by atoms with Crippen LogP contribution in [0.25, 0.3) is 0 Å². The predicted molar refractivity (Wildman–Crippen MR) is 78.0 cm³/mol. The maximum absolute atomic E-state index is 11.4. The average Bonchev–Trinajstić information content (AvgIpc) is 2.46. The molecule has 0 bridgehead atoms. The molecule has 0 N–H and O–H groups in total. The van der Waals surface area contributed by atoms with Crippen molar-refractivity contribution in [3.63, 3.8) is 0 Å². The second-order valence-corrected chi connectivity index (χ2v) is 5.19. The molecule has 0 fully saturated rings. The van der Waals surface area contributed by atoms with Crippen LogP contribution in [0.3, 0.4) is 0 Å². The molecule has 0 aromatic heterocycles. The number of nitrogens with zero attached hydrogens (tertiary/aromatic N) is 1. The van der Waals surface area contributed by atoms with Gasteiger partial charge in [0, 0.05) is 19.0 Å². The molecular formula is C16H23NO3. The molecule has 1 aliphatic rings. The van der Waals surface area contributed by atoms with Gasteiger partial charge >= 0.3 is 5.97 Å². The molecular weight excluding hydrogens is 254 g/mol. The van der Waals surface area contributed by atoms with Gasteiger partial charge in [-0.3, -0.25) is 4.79 Å². The zero-order chi connectivity index (χ0) is 14.4. The number of fused-ring (bicyclic) bond motifs is 1. The summed E-state index contributed by atoms with van der Waals surface area (Å²) >= 11 is 0. The number of likely N-dealkylation sites (N-methyl/N-ethyl adjacent to an activating group) is 1. The minimum atomic E-state index is -0.119. The van der Waals surface area contributed by atoms with E-state index < -0.39 is 0 Å². The van der Waals surface area contributed by atoms with Gasteiger partial charge in [0.25, 0.3) is 0 Å². The normalized spacial score (nSPS) is 17.4. The molecule has 0 saturated heterocycles. The summed E-state index contributed by atoms with van der Waals surface area (Å²) in [5, 5.41) is 0. The zero-order valence-electron chi connectivity index (χ0n) is 12.3. The Labute approximate surface area is 120 Å². The van der Waals surface area contributed by atoms with E-state index in [1.807, 2.05) is 19.1 Å². The molecule has 0 saturated carbocycles. The van der Waals surface area contributed by atoms with Gasteiger partial charge in [0.05, 0.1) is 19.6 Å². The van der Waals surface area contributed by atoms with Crippen molar-refractivity contribution in [2.45, 2.75) is 25.7 Å². The van der Waals surface area contributed by atoms with Crippen LogP contribution >= 0.6 is 0 Å². The van der Waals surface area contributed by atoms with Crippen LogP contribution in [0, 0.1) is 0 Å². The highest BCUT2D eigenvalue weighted by atomic mass is 16.5. The van der Waals surface area contributed by atoms with Gasteiger partial charge in [-0.05, 0) is 32.0 Å². The van der Waals surface area contributed by atoms with Gasteiger partial charge in [-0.25, -0.2) is 0 Å². The molecule has 0 amide bonds. The van der Waals surface area contributed by atoms with E-state index in [0.717, 1.165) is 31.9 Å². The third-order valence-electron chi connectivity index (χ3n) is 3.62. The lowest BCUT2D eigenvalue weighted by Gasteiger charge is -2.29. The number of hydrogen-bond donors (Lipinski definition) is 0. The Morgan fingerprint density at radius 3 is 3.05 bits per heavy atom. The number of ether oxygens (including phenoxy) is 2. The molecule has 1 atom stereocenters. The van der Waals surface area contributed by atoms with Gasteiger partial charge in [0.15, 0.2) is 0 Å². The highest BCUT2D eigenvalue weighted by Crippen LogP contribution is 2.33. The lowest BCUT2D eigenvalue weighted by atomic mass is 9.92. The van der Waals surface area contributed by atoms with Crippen molar-refractivity contribution in [2.75, 3.05) is 33.4 Å². The van der Waals surface area contributed by atoms with E-state index in [1.165, 1.54) is 5.56 Å². The number of carbonyl (C=O) groups is 1. The summed E-state index contributed by atoms with van der Waals surface area (Å²) in [5.41, 5.74) is 1.28. The van der Waals surface area contributed by atoms with Gasteiger partial charge in [0.2, 0.25) is 0 Å². The minimum absolute atomic E-state index is 0.119. The summed E-state index contributed by atoms with van der Waals surface area (Å²) in [5.74, 6) is 1.36. The van der Waals surface area contributed by atoms with E-state index in [1.54, 1.807) is 0 Å². The van der Waals surface area contributed by atoms with Crippen molar-refractivity contribution < 1.29 is 14.3 Å². The molecule has 20 heavy (non-hydrogen) atoms. The van der Waals surface area contributed by atoms with E-state index in [4.69, 9.17) is 9.47 Å². The van der Waals surface area contributed by atoms with Gasteiger partial charge in [-0.15, -0.1) is 0 Å². The van der Waals surface area contributed by atoms with Crippen molar-refractivity contribution in [1.82, 2.24) is 4.90 Å². The largest absolute Gasteiger partial charge is 0.493 e. The molecule has 1 heterocycles. The molecule has 1 unspecified atom stereocenters. The monoisotopic (exact) mass is 277 g/mol. The number of benzene rings is 1. The molecule has 2 rings (SSSR count). The standard InChI is InChI=1S/C16H23NO3/c1-3-19-16(18)8-10-17(2)12-13-9-11-20-15-7-5-4-6-14(13)15/h4-7,13H,3,8-12H2,1-2H3. The summed E-state index contributed by atoms with van der Waals surface area (Å²) in [6.45, 7) is 4.74. The first-order chi connectivity index (χ1) is 9.70. The molecule has 1 aromatic carbocycles. The van der Waals surface area contributed by atoms with E-state index >= 15 is 0 Å². The molecule has 1 aliphatic heterocycles. The SMILES string of the molecule is CCOC(=O)CCN(C)CC1CCOc2ccccc21. The quantitative estimate of drug-likeness (QED) is 0.749. The first-order valence-corrected chi connectivity index (χ1v) is 7.26. The first kappa shape index (κ1) is 14.9. The van der Waals surface area contributed by atoms with Crippen molar-refractivity contribution in [2.24, 2.45) is 0 Å². The zero-order valence-corrected chi connectivity index (χ0v) is 12.3.